The van der Waals surface area contributed by atoms with E-state index in [0.29, 0.717) is 11.2 Å². The van der Waals surface area contributed by atoms with Crippen molar-refractivity contribution in [1.82, 2.24) is 9.97 Å². The van der Waals surface area contributed by atoms with Crippen LogP contribution in [-0.4, -0.2) is 16.0 Å². The van der Waals surface area contributed by atoms with E-state index in [-0.39, 0.29) is 0 Å². The van der Waals surface area contributed by atoms with Gasteiger partial charge in [-0.15, -0.1) is 0 Å². The zero-order chi connectivity index (χ0) is 14.5. The highest BCUT2D eigenvalue weighted by Crippen LogP contribution is 2.28. The lowest BCUT2D eigenvalue weighted by Crippen LogP contribution is -2.37. The Morgan fingerprint density at radius 2 is 1.81 bits per heavy atom. The number of hydrogen-bond donors (Lipinski definition) is 0. The van der Waals surface area contributed by atoms with Gasteiger partial charge in [-0.05, 0) is 18.4 Å². The van der Waals surface area contributed by atoms with E-state index in [1.54, 1.807) is 6.20 Å². The molecule has 3 rings (SSSR count). The average molecular weight is 302 g/mol. The third-order valence-electron chi connectivity index (χ3n) is 4.10. The second-order valence-corrected chi connectivity index (χ2v) is 5.99. The maximum Gasteiger partial charge on any atom is 0.149 e. The van der Waals surface area contributed by atoms with Gasteiger partial charge in [0, 0.05) is 12.6 Å². The molecule has 1 heterocycles. The van der Waals surface area contributed by atoms with Gasteiger partial charge in [0.2, 0.25) is 0 Å². The molecule has 1 aliphatic rings. The molecule has 1 aromatic heterocycles. The van der Waals surface area contributed by atoms with Crippen LogP contribution in [0, 0.1) is 0 Å². The highest BCUT2D eigenvalue weighted by Gasteiger charge is 2.23. The number of anilines is 1. The predicted molar refractivity (Wildman–Crippen MR) is 86.5 cm³/mol. The van der Waals surface area contributed by atoms with Crippen LogP contribution in [0.25, 0.3) is 0 Å². The van der Waals surface area contributed by atoms with Crippen LogP contribution in [0.1, 0.15) is 37.7 Å². The van der Waals surface area contributed by atoms with E-state index in [9.17, 15) is 0 Å². The second-order valence-electron chi connectivity index (χ2n) is 5.61. The van der Waals surface area contributed by atoms with Crippen LogP contribution >= 0.6 is 11.6 Å². The summed E-state index contributed by atoms with van der Waals surface area (Å²) in [5.41, 5.74) is 1.30. The third-order valence-corrected chi connectivity index (χ3v) is 4.28. The number of halogens is 1. The topological polar surface area (TPSA) is 29.0 Å². The summed E-state index contributed by atoms with van der Waals surface area (Å²) in [4.78, 5) is 11.0. The van der Waals surface area contributed by atoms with Crippen molar-refractivity contribution < 1.29 is 0 Å². The fourth-order valence-electron chi connectivity index (χ4n) is 3.04. The van der Waals surface area contributed by atoms with Crippen molar-refractivity contribution in [3.63, 3.8) is 0 Å². The first-order valence-electron chi connectivity index (χ1n) is 7.61. The van der Waals surface area contributed by atoms with Crippen molar-refractivity contribution in [3.8, 4) is 0 Å². The van der Waals surface area contributed by atoms with Gasteiger partial charge < -0.3 is 4.90 Å². The summed E-state index contributed by atoms with van der Waals surface area (Å²) in [6.07, 6.45) is 9.79. The first-order valence-corrected chi connectivity index (χ1v) is 7.99. The minimum atomic E-state index is 0.460. The normalized spacial score (nSPS) is 15.9. The van der Waals surface area contributed by atoms with Gasteiger partial charge in [0.1, 0.15) is 11.0 Å². The van der Waals surface area contributed by atoms with Gasteiger partial charge in [0.05, 0.1) is 12.4 Å². The molecule has 0 aliphatic heterocycles. The zero-order valence-corrected chi connectivity index (χ0v) is 12.8. The zero-order valence-electron chi connectivity index (χ0n) is 12.1. The van der Waals surface area contributed by atoms with Crippen molar-refractivity contribution in [3.05, 3.63) is 53.4 Å². The lowest BCUT2D eigenvalue weighted by molar-refractivity contribution is 0.411. The predicted octanol–water partition coefficient (Wildman–Crippen LogP) is 4.47. The first-order chi connectivity index (χ1) is 10.3. The molecule has 4 heteroatoms. The standard InChI is InChI=1S/C17H20ClN3/c18-16-11-19-12-17(20-16)21(15-9-5-2-6-10-15)13-14-7-3-1-4-8-14/h1,3-4,7-8,11-12,15H,2,5-6,9-10,13H2. The summed E-state index contributed by atoms with van der Waals surface area (Å²) >= 11 is 6.03. The largest absolute Gasteiger partial charge is 0.348 e. The minimum absolute atomic E-state index is 0.460. The Morgan fingerprint density at radius 1 is 1.05 bits per heavy atom. The molecular formula is C17H20ClN3. The first kappa shape index (κ1) is 14.3. The van der Waals surface area contributed by atoms with Gasteiger partial charge >= 0.3 is 0 Å². The molecule has 110 valence electrons. The molecule has 2 aromatic rings. The maximum absolute atomic E-state index is 6.03. The highest BCUT2D eigenvalue weighted by atomic mass is 35.5. The molecule has 0 spiro atoms. The lowest BCUT2D eigenvalue weighted by atomic mass is 9.94. The monoisotopic (exact) mass is 301 g/mol. The molecule has 0 atom stereocenters. The fourth-order valence-corrected chi connectivity index (χ4v) is 3.18. The summed E-state index contributed by atoms with van der Waals surface area (Å²) in [7, 11) is 0. The molecule has 21 heavy (non-hydrogen) atoms. The molecule has 1 aromatic carbocycles. The van der Waals surface area contributed by atoms with Crippen molar-refractivity contribution in [2.24, 2.45) is 0 Å². The smallest absolute Gasteiger partial charge is 0.149 e. The molecule has 1 fully saturated rings. The van der Waals surface area contributed by atoms with E-state index in [1.165, 1.54) is 37.7 Å². The molecule has 0 saturated heterocycles. The van der Waals surface area contributed by atoms with Crippen LogP contribution in [0.15, 0.2) is 42.7 Å². The van der Waals surface area contributed by atoms with Gasteiger partial charge in [-0.2, -0.15) is 0 Å². The molecule has 0 unspecified atom stereocenters. The van der Waals surface area contributed by atoms with Crippen LogP contribution in [0.2, 0.25) is 5.15 Å². The number of aromatic nitrogens is 2. The van der Waals surface area contributed by atoms with Crippen molar-refractivity contribution in [2.75, 3.05) is 4.90 Å². The molecule has 0 N–H and O–H groups in total. The average Bonchev–Trinajstić information content (AvgIpc) is 2.54. The molecule has 0 amide bonds. The van der Waals surface area contributed by atoms with E-state index in [1.807, 2.05) is 12.3 Å². The van der Waals surface area contributed by atoms with E-state index < -0.39 is 0 Å². The van der Waals surface area contributed by atoms with Gasteiger partial charge in [-0.1, -0.05) is 61.2 Å². The second kappa shape index (κ2) is 6.90. The number of nitrogens with zero attached hydrogens (tertiary/aromatic N) is 3. The molecule has 0 bridgehead atoms. The van der Waals surface area contributed by atoms with Crippen LogP contribution < -0.4 is 4.90 Å². The van der Waals surface area contributed by atoms with Crippen molar-refractivity contribution in [2.45, 2.75) is 44.7 Å². The van der Waals surface area contributed by atoms with Gasteiger partial charge in [-0.3, -0.25) is 4.98 Å². The SMILES string of the molecule is Clc1cncc(N(Cc2ccccc2)C2CCCCC2)n1. The molecule has 1 saturated carbocycles. The van der Waals surface area contributed by atoms with E-state index >= 15 is 0 Å². The van der Waals surface area contributed by atoms with Gasteiger partial charge in [-0.25, -0.2) is 4.98 Å². The van der Waals surface area contributed by atoms with Gasteiger partial charge in [0.25, 0.3) is 0 Å². The fraction of sp³-hybridized carbons (Fsp3) is 0.412. The van der Waals surface area contributed by atoms with Crippen LogP contribution in [-0.2, 0) is 6.54 Å². The Morgan fingerprint density at radius 3 is 2.52 bits per heavy atom. The molecule has 1 aliphatic carbocycles. The van der Waals surface area contributed by atoms with Crippen molar-refractivity contribution >= 4 is 17.4 Å². The summed E-state index contributed by atoms with van der Waals surface area (Å²) in [5, 5.41) is 0.460. The Hall–Kier alpha value is -1.61. The number of hydrogen-bond acceptors (Lipinski definition) is 3. The van der Waals surface area contributed by atoms with E-state index in [4.69, 9.17) is 11.6 Å². The summed E-state index contributed by atoms with van der Waals surface area (Å²) < 4.78 is 0. The summed E-state index contributed by atoms with van der Waals surface area (Å²) in [6.45, 7) is 0.862. The Labute approximate surface area is 131 Å². The maximum atomic E-state index is 6.03. The quantitative estimate of drug-likeness (QED) is 0.834. The van der Waals surface area contributed by atoms with Gasteiger partial charge in [0.15, 0.2) is 0 Å². The summed E-state index contributed by atoms with van der Waals surface area (Å²) in [6, 6.07) is 11.1. The molecule has 0 radical (unpaired) electrons. The van der Waals surface area contributed by atoms with E-state index in [2.05, 4.69) is 39.1 Å². The molecular weight excluding hydrogens is 282 g/mol. The molecule has 3 nitrogen and oxygen atoms in total. The van der Waals surface area contributed by atoms with Crippen LogP contribution in [0.4, 0.5) is 5.82 Å². The van der Waals surface area contributed by atoms with E-state index in [0.717, 1.165) is 12.4 Å². The van der Waals surface area contributed by atoms with Crippen molar-refractivity contribution in [1.29, 1.82) is 0 Å². The number of benzene rings is 1. The minimum Gasteiger partial charge on any atom is -0.348 e. The Balaban J connectivity index is 1.86. The highest BCUT2D eigenvalue weighted by molar-refractivity contribution is 6.29. The lowest BCUT2D eigenvalue weighted by Gasteiger charge is -2.35. The number of rotatable bonds is 4. The Bertz CT molecular complexity index is 567. The van der Waals surface area contributed by atoms with Crippen LogP contribution in [0.5, 0.6) is 0 Å². The summed E-state index contributed by atoms with van der Waals surface area (Å²) in [5.74, 6) is 0.887. The Kier molecular flexibility index (Phi) is 4.71. The third kappa shape index (κ3) is 3.73. The van der Waals surface area contributed by atoms with Crippen LogP contribution in [0.3, 0.4) is 0 Å².